The van der Waals surface area contributed by atoms with Gasteiger partial charge in [-0.25, -0.2) is 0 Å². The van der Waals surface area contributed by atoms with Gasteiger partial charge in [0.15, 0.2) is 0 Å². The van der Waals surface area contributed by atoms with Gasteiger partial charge >= 0.3 is 0 Å². The molecule has 1 fully saturated rings. The third-order valence-electron chi connectivity index (χ3n) is 1.29. The zero-order valence-electron chi connectivity index (χ0n) is 5.69. The van der Waals surface area contributed by atoms with Crippen LogP contribution in [-0.4, -0.2) is 18.4 Å². The van der Waals surface area contributed by atoms with E-state index in [1.165, 1.54) is 0 Å². The first kappa shape index (κ1) is 6.05. The molecule has 1 rings (SSSR count). The lowest BCUT2D eigenvalue weighted by Crippen LogP contribution is -2.36. The number of nitrogens with one attached hydrogen (secondary N) is 1. The van der Waals surface area contributed by atoms with Gasteiger partial charge in [-0.2, -0.15) is 0 Å². The SMILES string of the molecule is C[C@H]1COC(C)(C)N1. The lowest BCUT2D eigenvalue weighted by molar-refractivity contribution is 0.0231. The molecular weight excluding hydrogens is 102 g/mol. The highest BCUT2D eigenvalue weighted by Crippen LogP contribution is 2.12. The van der Waals surface area contributed by atoms with E-state index >= 15 is 0 Å². The van der Waals surface area contributed by atoms with Gasteiger partial charge in [0.2, 0.25) is 0 Å². The van der Waals surface area contributed by atoms with Crippen LogP contribution in [0.5, 0.6) is 0 Å². The van der Waals surface area contributed by atoms with Crippen LogP contribution < -0.4 is 5.32 Å². The van der Waals surface area contributed by atoms with E-state index in [2.05, 4.69) is 12.2 Å². The minimum absolute atomic E-state index is 0.0839. The second-order valence-corrected chi connectivity index (χ2v) is 2.87. The van der Waals surface area contributed by atoms with Crippen LogP contribution in [0.2, 0.25) is 0 Å². The van der Waals surface area contributed by atoms with Crippen molar-refractivity contribution in [2.24, 2.45) is 0 Å². The van der Waals surface area contributed by atoms with Gasteiger partial charge < -0.3 is 4.74 Å². The van der Waals surface area contributed by atoms with Crippen LogP contribution in [0.4, 0.5) is 0 Å². The van der Waals surface area contributed by atoms with Crippen LogP contribution in [0.1, 0.15) is 20.8 Å². The van der Waals surface area contributed by atoms with Gasteiger partial charge in [0, 0.05) is 6.04 Å². The smallest absolute Gasteiger partial charge is 0.113 e. The monoisotopic (exact) mass is 115 g/mol. The summed E-state index contributed by atoms with van der Waals surface area (Å²) in [6, 6.07) is 0.519. The Bertz CT molecular complexity index is 90.5. The highest BCUT2D eigenvalue weighted by Gasteiger charge is 2.27. The third kappa shape index (κ3) is 1.20. The summed E-state index contributed by atoms with van der Waals surface area (Å²) in [6.07, 6.45) is 0. The predicted octanol–water partition coefficient (Wildman–Crippen LogP) is 0.731. The summed E-state index contributed by atoms with van der Waals surface area (Å²) in [5, 5.41) is 3.27. The largest absolute Gasteiger partial charge is 0.360 e. The molecule has 0 radical (unpaired) electrons. The van der Waals surface area contributed by atoms with Crippen LogP contribution >= 0.6 is 0 Å². The van der Waals surface area contributed by atoms with Gasteiger partial charge in [0.1, 0.15) is 5.72 Å². The van der Waals surface area contributed by atoms with Crippen molar-refractivity contribution in [3.8, 4) is 0 Å². The Hall–Kier alpha value is -0.0800. The molecule has 0 amide bonds. The van der Waals surface area contributed by atoms with E-state index in [0.717, 1.165) is 6.61 Å². The van der Waals surface area contributed by atoms with Crippen molar-refractivity contribution in [1.82, 2.24) is 5.32 Å². The topological polar surface area (TPSA) is 21.3 Å². The molecule has 0 spiro atoms. The summed E-state index contributed by atoms with van der Waals surface area (Å²) in [7, 11) is 0. The van der Waals surface area contributed by atoms with Gasteiger partial charge in [-0.15, -0.1) is 0 Å². The van der Waals surface area contributed by atoms with Gasteiger partial charge in [-0.3, -0.25) is 5.32 Å². The summed E-state index contributed by atoms with van der Waals surface area (Å²) in [4.78, 5) is 0. The predicted molar refractivity (Wildman–Crippen MR) is 32.6 cm³/mol. The van der Waals surface area contributed by atoms with Crippen molar-refractivity contribution >= 4 is 0 Å². The number of hydrogen-bond donors (Lipinski definition) is 1. The summed E-state index contributed by atoms with van der Waals surface area (Å²) in [6.45, 7) is 7.04. The van der Waals surface area contributed by atoms with E-state index in [9.17, 15) is 0 Å². The van der Waals surface area contributed by atoms with Crippen LogP contribution in [-0.2, 0) is 4.74 Å². The summed E-state index contributed by atoms with van der Waals surface area (Å²) in [5.41, 5.74) is -0.0839. The van der Waals surface area contributed by atoms with Crippen molar-refractivity contribution in [2.45, 2.75) is 32.5 Å². The molecule has 0 bridgehead atoms. The molecule has 1 saturated heterocycles. The fraction of sp³-hybridized carbons (Fsp3) is 1.00. The van der Waals surface area contributed by atoms with E-state index in [-0.39, 0.29) is 5.72 Å². The zero-order chi connectivity index (χ0) is 6.20. The molecular formula is C6H13NO. The average molecular weight is 115 g/mol. The first-order valence-electron chi connectivity index (χ1n) is 3.02. The normalized spacial score (nSPS) is 35.6. The van der Waals surface area contributed by atoms with Crippen LogP contribution in [0.15, 0.2) is 0 Å². The standard InChI is InChI=1S/C6H13NO/c1-5-4-8-6(2,3)7-5/h5,7H,4H2,1-3H3/t5-/m0/s1. The Kier molecular flexibility index (Phi) is 1.29. The summed E-state index contributed by atoms with van der Waals surface area (Å²) < 4.78 is 5.34. The van der Waals surface area contributed by atoms with Crippen LogP contribution in [0.25, 0.3) is 0 Å². The van der Waals surface area contributed by atoms with E-state index in [1.807, 2.05) is 13.8 Å². The van der Waals surface area contributed by atoms with Gasteiger partial charge in [-0.1, -0.05) is 0 Å². The summed E-state index contributed by atoms with van der Waals surface area (Å²) >= 11 is 0. The molecule has 0 unspecified atom stereocenters. The molecule has 1 heterocycles. The average Bonchev–Trinajstić information content (AvgIpc) is 1.82. The summed E-state index contributed by atoms with van der Waals surface area (Å²) in [5.74, 6) is 0. The second kappa shape index (κ2) is 1.71. The second-order valence-electron chi connectivity index (χ2n) is 2.87. The highest BCUT2D eigenvalue weighted by molar-refractivity contribution is 4.77. The van der Waals surface area contributed by atoms with Gasteiger partial charge in [-0.05, 0) is 20.8 Å². The molecule has 1 aliphatic rings. The van der Waals surface area contributed by atoms with Gasteiger partial charge in [0.05, 0.1) is 6.61 Å². The quantitative estimate of drug-likeness (QED) is 0.502. The van der Waals surface area contributed by atoms with Gasteiger partial charge in [0.25, 0.3) is 0 Å². The Morgan fingerprint density at radius 2 is 2.25 bits per heavy atom. The number of ether oxygens (including phenoxy) is 1. The number of hydrogen-bond acceptors (Lipinski definition) is 2. The molecule has 48 valence electrons. The van der Waals surface area contributed by atoms with Crippen LogP contribution in [0.3, 0.4) is 0 Å². The maximum atomic E-state index is 5.34. The minimum atomic E-state index is -0.0839. The molecule has 0 saturated carbocycles. The van der Waals surface area contributed by atoms with Crippen molar-refractivity contribution < 1.29 is 4.74 Å². The van der Waals surface area contributed by atoms with E-state index in [4.69, 9.17) is 4.74 Å². The molecule has 0 aromatic heterocycles. The first-order valence-corrected chi connectivity index (χ1v) is 3.02. The molecule has 2 nitrogen and oxygen atoms in total. The lowest BCUT2D eigenvalue weighted by Gasteiger charge is -2.16. The molecule has 2 heteroatoms. The first-order chi connectivity index (χ1) is 3.60. The fourth-order valence-electron chi connectivity index (χ4n) is 1.01. The number of rotatable bonds is 0. The molecule has 8 heavy (non-hydrogen) atoms. The fourth-order valence-corrected chi connectivity index (χ4v) is 1.01. The third-order valence-corrected chi connectivity index (χ3v) is 1.29. The maximum absolute atomic E-state index is 5.34. The van der Waals surface area contributed by atoms with Crippen molar-refractivity contribution in [3.63, 3.8) is 0 Å². The molecule has 0 aliphatic carbocycles. The van der Waals surface area contributed by atoms with Crippen molar-refractivity contribution in [1.29, 1.82) is 0 Å². The van der Waals surface area contributed by atoms with E-state index in [1.54, 1.807) is 0 Å². The molecule has 0 aromatic carbocycles. The zero-order valence-corrected chi connectivity index (χ0v) is 5.69. The highest BCUT2D eigenvalue weighted by atomic mass is 16.5. The molecule has 1 atom stereocenters. The van der Waals surface area contributed by atoms with Crippen molar-refractivity contribution in [3.05, 3.63) is 0 Å². The lowest BCUT2D eigenvalue weighted by atomic mass is 10.3. The Labute approximate surface area is 50.2 Å². The Morgan fingerprint density at radius 3 is 2.38 bits per heavy atom. The van der Waals surface area contributed by atoms with E-state index < -0.39 is 0 Å². The molecule has 1 N–H and O–H groups in total. The van der Waals surface area contributed by atoms with E-state index in [0.29, 0.717) is 6.04 Å². The van der Waals surface area contributed by atoms with Crippen LogP contribution in [0, 0.1) is 0 Å². The molecule has 1 aliphatic heterocycles. The molecule has 0 aromatic rings. The maximum Gasteiger partial charge on any atom is 0.113 e. The Balaban J connectivity index is 2.44. The Morgan fingerprint density at radius 1 is 1.62 bits per heavy atom. The minimum Gasteiger partial charge on any atom is -0.360 e. The van der Waals surface area contributed by atoms with Crippen molar-refractivity contribution in [2.75, 3.05) is 6.61 Å².